The molecule has 0 spiro atoms. The fourth-order valence-electron chi connectivity index (χ4n) is 5.19. The average Bonchev–Trinajstić information content (AvgIpc) is 3.80. The Morgan fingerprint density at radius 2 is 1.81 bits per heavy atom. The van der Waals surface area contributed by atoms with Gasteiger partial charge in [-0.05, 0) is 60.7 Å². The van der Waals surface area contributed by atoms with E-state index in [1.807, 2.05) is 17.5 Å². The number of anilines is 2. The maximum absolute atomic E-state index is 13.1. The van der Waals surface area contributed by atoms with Crippen molar-refractivity contribution in [3.05, 3.63) is 81.4 Å². The average molecular weight is 629 g/mol. The number of thiophene rings is 1. The number of fused-ring (bicyclic) bond motifs is 2. The summed E-state index contributed by atoms with van der Waals surface area (Å²) in [6.07, 6.45) is 3.49. The van der Waals surface area contributed by atoms with Crippen molar-refractivity contribution in [3.63, 3.8) is 0 Å². The third-order valence-electron chi connectivity index (χ3n) is 7.43. The second-order valence-corrected chi connectivity index (χ2v) is 12.9. The molecule has 0 atom stereocenters. The molecule has 6 aromatic rings. The van der Waals surface area contributed by atoms with Crippen LogP contribution in [0.2, 0.25) is 0 Å². The molecule has 1 fully saturated rings. The molecule has 5 heterocycles. The number of phenols is 1. The van der Waals surface area contributed by atoms with Crippen LogP contribution < -0.4 is 15.0 Å². The van der Waals surface area contributed by atoms with Gasteiger partial charge in [0.15, 0.2) is 22.4 Å². The van der Waals surface area contributed by atoms with E-state index in [0.29, 0.717) is 27.5 Å². The maximum atomic E-state index is 13.1. The molecular weight excluding hydrogens is 605 g/mol. The first-order valence-electron chi connectivity index (χ1n) is 13.5. The van der Waals surface area contributed by atoms with Crippen LogP contribution in [0.25, 0.3) is 20.4 Å². The summed E-state index contributed by atoms with van der Waals surface area (Å²) in [6.45, 7) is 1.73. The number of amides is 1. The van der Waals surface area contributed by atoms with Crippen LogP contribution >= 0.6 is 34.0 Å². The first kappa shape index (κ1) is 27.4. The van der Waals surface area contributed by atoms with Crippen molar-refractivity contribution >= 4 is 77.1 Å². The fraction of sp³-hybridized carbons (Fsp3) is 0.200. The number of carbonyl (C=O) groups is 2. The number of rotatable bonds is 7. The van der Waals surface area contributed by atoms with E-state index in [1.165, 1.54) is 41.9 Å². The molecule has 0 radical (unpaired) electrons. The Balaban J connectivity index is 1.01. The van der Waals surface area contributed by atoms with E-state index >= 15 is 0 Å². The van der Waals surface area contributed by atoms with Crippen LogP contribution in [-0.2, 0) is 0 Å². The molecule has 0 aliphatic carbocycles. The number of nitrogens with zero attached hydrogens (tertiary/aromatic N) is 5. The number of carbonyl (C=O) groups excluding carboxylic acids is 2. The molecule has 1 aliphatic rings. The SMILES string of the molecule is COc1cc(C(=O)c2ccc3sc(NC(=O)c4csc(C5CCN(c6ncnc7ccsc67)CC5)n4)nc3c2)ccc1O. The third-order valence-corrected chi connectivity index (χ3v) is 10.3. The highest BCUT2D eigenvalue weighted by atomic mass is 32.1. The Morgan fingerprint density at radius 1 is 1.00 bits per heavy atom. The molecule has 10 nitrogen and oxygen atoms in total. The molecule has 0 saturated carbocycles. The van der Waals surface area contributed by atoms with Crippen molar-refractivity contribution in [2.24, 2.45) is 0 Å². The summed E-state index contributed by atoms with van der Waals surface area (Å²) >= 11 is 4.51. The van der Waals surface area contributed by atoms with Crippen LogP contribution in [0.5, 0.6) is 11.5 Å². The van der Waals surface area contributed by atoms with Crippen LogP contribution in [-0.4, -0.2) is 56.9 Å². The number of ketones is 1. The molecule has 43 heavy (non-hydrogen) atoms. The van der Waals surface area contributed by atoms with Crippen molar-refractivity contribution < 1.29 is 19.4 Å². The van der Waals surface area contributed by atoms with Gasteiger partial charge in [-0.15, -0.1) is 22.7 Å². The van der Waals surface area contributed by atoms with Gasteiger partial charge in [0.05, 0.1) is 32.6 Å². The summed E-state index contributed by atoms with van der Waals surface area (Å²) in [5, 5.41) is 17.9. The van der Waals surface area contributed by atoms with Gasteiger partial charge < -0.3 is 14.7 Å². The second kappa shape index (κ2) is 11.3. The van der Waals surface area contributed by atoms with Crippen LogP contribution in [0.4, 0.5) is 10.9 Å². The van der Waals surface area contributed by atoms with Crippen molar-refractivity contribution in [2.75, 3.05) is 30.4 Å². The van der Waals surface area contributed by atoms with E-state index < -0.39 is 0 Å². The lowest BCUT2D eigenvalue weighted by Gasteiger charge is -2.32. The van der Waals surface area contributed by atoms with Crippen LogP contribution in [0.1, 0.15) is 50.2 Å². The minimum absolute atomic E-state index is 0.0367. The topological polar surface area (TPSA) is 130 Å². The highest BCUT2D eigenvalue weighted by Crippen LogP contribution is 2.35. The van der Waals surface area contributed by atoms with E-state index in [1.54, 1.807) is 41.2 Å². The Hall–Kier alpha value is -4.46. The lowest BCUT2D eigenvalue weighted by atomic mass is 9.97. The van der Waals surface area contributed by atoms with Crippen LogP contribution in [0.3, 0.4) is 0 Å². The molecule has 0 bridgehead atoms. The van der Waals surface area contributed by atoms with Gasteiger partial charge in [0.2, 0.25) is 0 Å². The van der Waals surface area contributed by atoms with Gasteiger partial charge >= 0.3 is 0 Å². The molecule has 2 aromatic carbocycles. The molecule has 13 heteroatoms. The summed E-state index contributed by atoms with van der Waals surface area (Å²) in [5.74, 6) is 0.929. The zero-order valence-electron chi connectivity index (χ0n) is 22.8. The molecule has 7 rings (SSSR count). The molecule has 216 valence electrons. The second-order valence-electron chi connectivity index (χ2n) is 10.0. The largest absolute Gasteiger partial charge is 0.504 e. The number of aromatic nitrogens is 4. The molecule has 1 saturated heterocycles. The number of ether oxygens (including phenoxy) is 1. The number of piperidine rings is 1. The highest BCUT2D eigenvalue weighted by Gasteiger charge is 2.26. The predicted octanol–water partition coefficient (Wildman–Crippen LogP) is 6.34. The van der Waals surface area contributed by atoms with E-state index in [2.05, 4.69) is 30.2 Å². The van der Waals surface area contributed by atoms with Crippen molar-refractivity contribution in [1.29, 1.82) is 0 Å². The first-order valence-corrected chi connectivity index (χ1v) is 16.1. The fourth-order valence-corrected chi connectivity index (χ4v) is 7.86. The van der Waals surface area contributed by atoms with Crippen LogP contribution in [0, 0.1) is 0 Å². The minimum Gasteiger partial charge on any atom is -0.504 e. The molecule has 2 N–H and O–H groups in total. The van der Waals surface area contributed by atoms with Crippen molar-refractivity contribution in [1.82, 2.24) is 19.9 Å². The molecular formula is C30H24N6O4S3. The molecule has 4 aromatic heterocycles. The predicted molar refractivity (Wildman–Crippen MR) is 169 cm³/mol. The summed E-state index contributed by atoms with van der Waals surface area (Å²) in [5.41, 5.74) is 2.78. The number of nitrogens with one attached hydrogen (secondary N) is 1. The number of thiazole rings is 2. The van der Waals surface area contributed by atoms with Gasteiger partial charge in [0.25, 0.3) is 5.91 Å². The summed E-state index contributed by atoms with van der Waals surface area (Å²) in [4.78, 5) is 46.6. The number of benzene rings is 2. The van der Waals surface area contributed by atoms with Gasteiger partial charge in [-0.1, -0.05) is 11.3 Å². The van der Waals surface area contributed by atoms with Gasteiger partial charge in [0, 0.05) is 35.5 Å². The number of aromatic hydroxyl groups is 1. The van der Waals surface area contributed by atoms with Gasteiger partial charge in [0.1, 0.15) is 17.8 Å². The van der Waals surface area contributed by atoms with Gasteiger partial charge in [-0.2, -0.15) is 0 Å². The summed E-state index contributed by atoms with van der Waals surface area (Å²) < 4.78 is 7.08. The lowest BCUT2D eigenvalue weighted by molar-refractivity contribution is 0.101. The highest BCUT2D eigenvalue weighted by molar-refractivity contribution is 7.22. The lowest BCUT2D eigenvalue weighted by Crippen LogP contribution is -2.33. The summed E-state index contributed by atoms with van der Waals surface area (Å²) in [6, 6.07) is 11.7. The zero-order chi connectivity index (χ0) is 29.5. The van der Waals surface area contributed by atoms with Gasteiger partial charge in [-0.3, -0.25) is 14.9 Å². The third kappa shape index (κ3) is 5.31. The normalized spacial score (nSPS) is 13.9. The maximum Gasteiger partial charge on any atom is 0.276 e. The van der Waals surface area contributed by atoms with Crippen molar-refractivity contribution in [3.8, 4) is 11.5 Å². The Kier molecular flexibility index (Phi) is 7.21. The monoisotopic (exact) mass is 628 g/mol. The van der Waals surface area contributed by atoms with E-state index in [0.717, 1.165) is 51.7 Å². The number of hydrogen-bond acceptors (Lipinski definition) is 12. The smallest absolute Gasteiger partial charge is 0.276 e. The number of hydrogen-bond donors (Lipinski definition) is 2. The zero-order valence-corrected chi connectivity index (χ0v) is 25.3. The molecule has 1 aliphatic heterocycles. The van der Waals surface area contributed by atoms with E-state index in [9.17, 15) is 14.7 Å². The van der Waals surface area contributed by atoms with E-state index in [-0.39, 0.29) is 29.1 Å². The number of methoxy groups -OCH3 is 1. The summed E-state index contributed by atoms with van der Waals surface area (Å²) in [7, 11) is 1.43. The first-order chi connectivity index (χ1) is 21.0. The Bertz CT molecular complexity index is 1990. The van der Waals surface area contributed by atoms with Crippen LogP contribution in [0.15, 0.2) is 59.6 Å². The standard InChI is InChI=1S/C30H24N6O4S3/c1-40-23-13-18(2-4-22(23)37)25(38)17-3-5-24-20(12-17)34-30(43-24)35-28(39)21-14-42-29(33-21)16-6-9-36(10-7-16)27-26-19(8-11-41-26)31-15-32-27/h2-5,8,11-16,37H,6-7,9-10H2,1H3,(H,34,35,39). The van der Waals surface area contributed by atoms with Gasteiger partial charge in [-0.25, -0.2) is 19.9 Å². The molecule has 0 unspecified atom stereocenters. The molecule has 1 amide bonds. The Labute approximate surface area is 257 Å². The Morgan fingerprint density at radius 3 is 2.65 bits per heavy atom. The number of phenolic OH excluding ortho intramolecular Hbond substituents is 1. The minimum atomic E-state index is -0.312. The van der Waals surface area contributed by atoms with Crippen molar-refractivity contribution in [2.45, 2.75) is 18.8 Å². The van der Waals surface area contributed by atoms with E-state index in [4.69, 9.17) is 4.74 Å². The quantitative estimate of drug-likeness (QED) is 0.195.